The van der Waals surface area contributed by atoms with E-state index in [1.807, 2.05) is 0 Å². The minimum absolute atomic E-state index is 0.112. The molecule has 0 radical (unpaired) electrons. The van der Waals surface area contributed by atoms with Gasteiger partial charge in [-0.2, -0.15) is 0 Å². The molecule has 2 aliphatic rings. The fraction of sp³-hybridized carbons (Fsp3) is 0.815. The molecule has 13 atom stereocenters. The zero-order valence-corrected chi connectivity index (χ0v) is 27.3. The smallest absolute Gasteiger partial charge is 0.405 e. The highest BCUT2D eigenvalue weighted by atomic mass is 16.7. The maximum Gasteiger partial charge on any atom is 0.405 e. The fourth-order valence-electron chi connectivity index (χ4n) is 5.54. The van der Waals surface area contributed by atoms with Crippen molar-refractivity contribution in [2.75, 3.05) is 19.7 Å². The first-order chi connectivity index (χ1) is 23.5. The summed E-state index contributed by atoms with van der Waals surface area (Å²) in [6.07, 6.45) is -20.5. The molecule has 23 nitrogen and oxygen atoms in total. The minimum Gasteiger partial charge on any atom is -0.454 e. The van der Waals surface area contributed by atoms with Crippen LogP contribution in [0.25, 0.3) is 0 Å². The van der Waals surface area contributed by atoms with Gasteiger partial charge in [0.25, 0.3) is 0 Å². The predicted octanol–water partition coefficient (Wildman–Crippen LogP) is -6.90. The average molecular weight is 726 g/mol. The molecule has 13 unspecified atom stereocenters. The van der Waals surface area contributed by atoms with E-state index >= 15 is 0 Å². The van der Waals surface area contributed by atoms with Gasteiger partial charge in [0.2, 0.25) is 5.91 Å². The van der Waals surface area contributed by atoms with E-state index in [1.54, 1.807) is 0 Å². The number of aliphatic imine (C=N–C) groups is 1. The molecule has 23 heteroatoms. The topological polar surface area (TPSA) is 422 Å². The van der Waals surface area contributed by atoms with Gasteiger partial charge in [-0.25, -0.2) is 14.6 Å². The largest absolute Gasteiger partial charge is 0.454 e. The van der Waals surface area contributed by atoms with Crippen molar-refractivity contribution in [3.05, 3.63) is 0 Å². The lowest BCUT2D eigenvalue weighted by atomic mass is 9.84. The summed E-state index contributed by atoms with van der Waals surface area (Å²) in [7, 11) is 0. The van der Waals surface area contributed by atoms with Crippen LogP contribution >= 0.6 is 0 Å². The standard InChI is InChI=1S/C27H51N9O14/c28-5-1-3-10(29)7-13(38)35-6-2-4-11(30)8-14(39)47-22-21(49-26(33)44)19(43)18(42)20(23(22)50-27(34)45)48-24-17(41)15(36-25(31)32)16(40)12(9-37)46-24/h10-12,15-24,37,40-43H,1-9,28-30H2,(H2,33,44)(H2,34,45)(H,35,38)(H4,31,32,36). The van der Waals surface area contributed by atoms with Crippen LogP contribution < -0.4 is 45.5 Å². The molecule has 0 aromatic carbocycles. The number of nitrogens with two attached hydrogens (primary N) is 7. The summed E-state index contributed by atoms with van der Waals surface area (Å²) in [5.74, 6) is -1.88. The third kappa shape index (κ3) is 12.6. The molecule has 0 bridgehead atoms. The Hall–Kier alpha value is -3.65. The summed E-state index contributed by atoms with van der Waals surface area (Å²) in [6.45, 7) is -0.135. The Balaban J connectivity index is 2.21. The van der Waals surface area contributed by atoms with Gasteiger partial charge in [0, 0.05) is 25.0 Å². The van der Waals surface area contributed by atoms with Crippen LogP contribution in [-0.4, -0.2) is 155 Å². The van der Waals surface area contributed by atoms with Gasteiger partial charge in [-0.15, -0.1) is 0 Å². The highest BCUT2D eigenvalue weighted by Crippen LogP contribution is 2.34. The first-order valence-electron chi connectivity index (χ1n) is 15.8. The minimum atomic E-state index is -2.14. The van der Waals surface area contributed by atoms with Gasteiger partial charge in [0.15, 0.2) is 30.6 Å². The van der Waals surface area contributed by atoms with E-state index < -0.39 is 110 Å². The van der Waals surface area contributed by atoms with E-state index in [0.717, 1.165) is 0 Å². The summed E-state index contributed by atoms with van der Waals surface area (Å²) >= 11 is 0. The number of nitrogens with zero attached hydrogens (tertiary/aromatic N) is 1. The average Bonchev–Trinajstić information content (AvgIpc) is 3.02. The van der Waals surface area contributed by atoms with E-state index in [9.17, 15) is 44.7 Å². The number of carbonyl (C=O) groups is 4. The molecule has 3 amide bonds. The highest BCUT2D eigenvalue weighted by molar-refractivity contribution is 5.76. The molecule has 1 heterocycles. The molecule has 1 saturated heterocycles. The number of rotatable bonds is 18. The number of aliphatic hydroxyl groups is 5. The number of guanidine groups is 1. The Kier molecular flexibility index (Phi) is 17.2. The van der Waals surface area contributed by atoms with Crippen molar-refractivity contribution in [3.63, 3.8) is 0 Å². The number of ether oxygens (including phenoxy) is 5. The van der Waals surface area contributed by atoms with E-state index in [-0.39, 0.29) is 31.3 Å². The van der Waals surface area contributed by atoms with E-state index in [1.165, 1.54) is 0 Å². The second kappa shape index (κ2) is 20.3. The summed E-state index contributed by atoms with van der Waals surface area (Å²) in [6, 6.07) is -2.70. The van der Waals surface area contributed by atoms with Gasteiger partial charge in [-0.1, -0.05) is 0 Å². The first kappa shape index (κ1) is 42.5. The molecule has 0 aromatic rings. The van der Waals surface area contributed by atoms with Crippen LogP contribution in [0.15, 0.2) is 4.99 Å². The maximum atomic E-state index is 13.1. The highest BCUT2D eigenvalue weighted by Gasteiger charge is 2.58. The third-order valence-electron chi connectivity index (χ3n) is 7.93. The first-order valence-corrected chi connectivity index (χ1v) is 15.8. The Morgan fingerprint density at radius 2 is 1.32 bits per heavy atom. The van der Waals surface area contributed by atoms with Crippen LogP contribution in [0.2, 0.25) is 0 Å². The zero-order valence-electron chi connectivity index (χ0n) is 27.3. The normalized spacial score (nSPS) is 32.2. The molecule has 1 saturated carbocycles. The molecule has 2 fully saturated rings. The van der Waals surface area contributed by atoms with Crippen LogP contribution in [0.5, 0.6) is 0 Å². The summed E-state index contributed by atoms with van der Waals surface area (Å²) in [4.78, 5) is 52.6. The number of hydrogen-bond donors (Lipinski definition) is 13. The summed E-state index contributed by atoms with van der Waals surface area (Å²) in [5.41, 5.74) is 38.6. The molecule has 1 aliphatic heterocycles. The number of hydrogen-bond acceptors (Lipinski definition) is 18. The van der Waals surface area contributed by atoms with Crippen LogP contribution in [-0.2, 0) is 33.3 Å². The Morgan fingerprint density at radius 1 is 0.760 bits per heavy atom. The summed E-state index contributed by atoms with van der Waals surface area (Å²) < 4.78 is 26.5. The summed E-state index contributed by atoms with van der Waals surface area (Å²) in [5, 5.41) is 55.7. The van der Waals surface area contributed by atoms with Gasteiger partial charge < -0.3 is 94.7 Å². The van der Waals surface area contributed by atoms with Crippen molar-refractivity contribution >= 4 is 30.0 Å². The van der Waals surface area contributed by atoms with Crippen molar-refractivity contribution in [2.24, 2.45) is 45.1 Å². The Morgan fingerprint density at radius 3 is 1.90 bits per heavy atom. The predicted molar refractivity (Wildman–Crippen MR) is 169 cm³/mol. The number of amides is 3. The zero-order chi connectivity index (χ0) is 37.7. The van der Waals surface area contributed by atoms with Gasteiger partial charge >= 0.3 is 18.2 Å². The molecular formula is C27H51N9O14. The van der Waals surface area contributed by atoms with E-state index in [0.29, 0.717) is 25.8 Å². The SMILES string of the molecule is NCCCC(N)CC(=O)NCCCC(N)CC(=O)OC1C(OC(N)=O)C(O)C(O)C(OC2OC(CO)C(O)C(N=C(N)N)C2O)C1OC(N)=O. The number of esters is 1. The van der Waals surface area contributed by atoms with Crippen LogP contribution in [0.3, 0.4) is 0 Å². The second-order valence-corrected chi connectivity index (χ2v) is 11.9. The lowest BCUT2D eigenvalue weighted by Gasteiger charge is -2.48. The monoisotopic (exact) mass is 725 g/mol. The van der Waals surface area contributed by atoms with Crippen molar-refractivity contribution in [1.29, 1.82) is 0 Å². The molecule has 0 aromatic heterocycles. The van der Waals surface area contributed by atoms with Crippen molar-refractivity contribution in [3.8, 4) is 0 Å². The van der Waals surface area contributed by atoms with Gasteiger partial charge in [0.1, 0.15) is 42.7 Å². The number of nitrogens with one attached hydrogen (secondary N) is 1. The van der Waals surface area contributed by atoms with Crippen LogP contribution in [0.1, 0.15) is 38.5 Å². The second-order valence-electron chi connectivity index (χ2n) is 11.9. The quantitative estimate of drug-likeness (QED) is 0.0205. The Bertz CT molecular complexity index is 1150. The molecule has 50 heavy (non-hydrogen) atoms. The van der Waals surface area contributed by atoms with Crippen molar-refractivity contribution in [1.82, 2.24) is 5.32 Å². The lowest BCUT2D eigenvalue weighted by Crippen LogP contribution is -2.69. The van der Waals surface area contributed by atoms with E-state index in [2.05, 4.69) is 10.3 Å². The molecule has 20 N–H and O–H groups in total. The van der Waals surface area contributed by atoms with Crippen molar-refractivity contribution < 1.29 is 68.4 Å². The molecule has 1 aliphatic carbocycles. The molecule has 0 spiro atoms. The Labute approximate surface area is 286 Å². The van der Waals surface area contributed by atoms with Crippen molar-refractivity contribution in [2.45, 2.75) is 118 Å². The lowest BCUT2D eigenvalue weighted by molar-refractivity contribution is -0.324. The van der Waals surface area contributed by atoms with Crippen LogP contribution in [0.4, 0.5) is 9.59 Å². The number of aliphatic hydroxyl groups excluding tert-OH is 5. The number of primary amides is 2. The van der Waals surface area contributed by atoms with Gasteiger partial charge in [-0.05, 0) is 32.2 Å². The van der Waals surface area contributed by atoms with E-state index in [4.69, 9.17) is 63.8 Å². The molecule has 2 rings (SSSR count). The number of carbonyl (C=O) groups excluding carboxylic acids is 4. The van der Waals surface area contributed by atoms with Gasteiger partial charge in [0.05, 0.1) is 13.0 Å². The molecular weight excluding hydrogens is 674 g/mol. The van der Waals surface area contributed by atoms with Crippen LogP contribution in [0, 0.1) is 0 Å². The van der Waals surface area contributed by atoms with Gasteiger partial charge in [-0.3, -0.25) is 9.59 Å². The molecule has 288 valence electrons. The fourth-order valence-corrected chi connectivity index (χ4v) is 5.54. The maximum absolute atomic E-state index is 13.1. The third-order valence-corrected chi connectivity index (χ3v) is 7.93.